The Kier molecular flexibility index (Phi) is 4.13. The van der Waals surface area contributed by atoms with Crippen LogP contribution in [0, 0.1) is 5.41 Å². The fraction of sp³-hybridized carbons (Fsp3) is 0.500. The molecule has 2 radical (unpaired) electrons. The highest BCUT2D eigenvalue weighted by atomic mass is 35.5. The van der Waals surface area contributed by atoms with E-state index in [0.717, 1.165) is 32.4 Å². The molecule has 1 fully saturated rings. The summed E-state index contributed by atoms with van der Waals surface area (Å²) < 4.78 is 0. The van der Waals surface area contributed by atoms with Gasteiger partial charge in [-0.3, -0.25) is 4.79 Å². The number of carbonyl (C=O) groups is 1. The van der Waals surface area contributed by atoms with Crippen molar-refractivity contribution in [1.82, 2.24) is 5.32 Å². The molecule has 1 aromatic carbocycles. The minimum atomic E-state index is -0.256. The van der Waals surface area contributed by atoms with Crippen molar-refractivity contribution in [2.24, 2.45) is 5.41 Å². The van der Waals surface area contributed by atoms with Crippen LogP contribution in [0.25, 0.3) is 0 Å². The number of halogens is 1. The highest BCUT2D eigenvalue weighted by Crippen LogP contribution is 2.35. The lowest BCUT2D eigenvalue weighted by Gasteiger charge is -2.26. The maximum atomic E-state index is 12.7. The van der Waals surface area contributed by atoms with E-state index in [1.54, 1.807) is 18.2 Å². The molecule has 1 unspecified atom stereocenters. The third kappa shape index (κ3) is 2.48. The van der Waals surface area contributed by atoms with Crippen LogP contribution in [0.3, 0.4) is 0 Å². The van der Waals surface area contributed by atoms with Crippen molar-refractivity contribution in [1.29, 1.82) is 0 Å². The van der Waals surface area contributed by atoms with E-state index in [1.807, 2.05) is 0 Å². The molecule has 1 N–H and O–H groups in total. The Hall–Kier alpha value is -0.795. The first kappa shape index (κ1) is 13.6. The van der Waals surface area contributed by atoms with Gasteiger partial charge in [0.05, 0.1) is 0 Å². The molecule has 1 aliphatic heterocycles. The smallest absolute Gasteiger partial charge is 0.170 e. The SMILES string of the molecule is [B]c1ccc(C(=O)C2(CCC)CCNC2)cc1Cl. The highest BCUT2D eigenvalue weighted by molar-refractivity contribution is 6.45. The van der Waals surface area contributed by atoms with E-state index in [-0.39, 0.29) is 11.2 Å². The van der Waals surface area contributed by atoms with Gasteiger partial charge in [-0.15, -0.1) is 0 Å². The van der Waals surface area contributed by atoms with Crippen molar-refractivity contribution < 1.29 is 4.79 Å². The molecule has 1 aromatic rings. The van der Waals surface area contributed by atoms with E-state index in [4.69, 9.17) is 19.4 Å². The van der Waals surface area contributed by atoms with E-state index in [2.05, 4.69) is 12.2 Å². The number of hydrogen-bond donors (Lipinski definition) is 1. The summed E-state index contributed by atoms with van der Waals surface area (Å²) >= 11 is 5.99. The topological polar surface area (TPSA) is 29.1 Å². The second-order valence-electron chi connectivity index (χ2n) is 5.02. The molecule has 0 amide bonds. The summed E-state index contributed by atoms with van der Waals surface area (Å²) in [6, 6.07) is 5.17. The third-order valence-electron chi connectivity index (χ3n) is 3.72. The summed E-state index contributed by atoms with van der Waals surface area (Å²) in [5, 5.41) is 3.75. The molecule has 0 saturated carbocycles. The van der Waals surface area contributed by atoms with Crippen molar-refractivity contribution in [3.05, 3.63) is 28.8 Å². The van der Waals surface area contributed by atoms with E-state index in [1.165, 1.54) is 0 Å². The van der Waals surface area contributed by atoms with E-state index >= 15 is 0 Å². The predicted molar refractivity (Wildman–Crippen MR) is 76.0 cm³/mol. The van der Waals surface area contributed by atoms with Gasteiger partial charge in [-0.25, -0.2) is 0 Å². The Morgan fingerprint density at radius 1 is 1.56 bits per heavy atom. The largest absolute Gasteiger partial charge is 0.316 e. The molecule has 1 atom stereocenters. The van der Waals surface area contributed by atoms with Gasteiger partial charge in [-0.05, 0) is 25.5 Å². The highest BCUT2D eigenvalue weighted by Gasteiger charge is 2.40. The van der Waals surface area contributed by atoms with Gasteiger partial charge in [0.2, 0.25) is 0 Å². The lowest BCUT2D eigenvalue weighted by atomic mass is 9.75. The molecular weight excluding hydrogens is 244 g/mol. The Bertz CT molecular complexity index is 455. The average molecular weight is 262 g/mol. The van der Waals surface area contributed by atoms with E-state index in [0.29, 0.717) is 16.0 Å². The zero-order chi connectivity index (χ0) is 13.2. The number of nitrogens with one attached hydrogen (secondary N) is 1. The summed E-state index contributed by atoms with van der Waals surface area (Å²) in [4.78, 5) is 12.7. The first-order valence-electron chi connectivity index (χ1n) is 6.39. The molecule has 1 aliphatic rings. The molecule has 0 bridgehead atoms. The molecule has 4 heteroatoms. The Balaban J connectivity index is 2.30. The van der Waals surface area contributed by atoms with Crippen LogP contribution in [-0.2, 0) is 0 Å². The summed E-state index contributed by atoms with van der Waals surface area (Å²) in [6.07, 6.45) is 2.83. The standard InChI is InChI=1S/C14H17BClNO/c1-2-5-14(6-7-17-9-14)13(18)10-3-4-11(15)12(16)8-10/h3-4,8,17H,2,5-7,9H2,1H3. The van der Waals surface area contributed by atoms with E-state index in [9.17, 15) is 4.79 Å². The van der Waals surface area contributed by atoms with Gasteiger partial charge < -0.3 is 5.32 Å². The fourth-order valence-electron chi connectivity index (χ4n) is 2.72. The van der Waals surface area contributed by atoms with Crippen LogP contribution in [0.15, 0.2) is 18.2 Å². The maximum Gasteiger partial charge on any atom is 0.170 e. The monoisotopic (exact) mass is 261 g/mol. The molecular formula is C14H17BClNO. The number of ketones is 1. The molecule has 2 nitrogen and oxygen atoms in total. The minimum absolute atomic E-state index is 0.191. The molecule has 94 valence electrons. The van der Waals surface area contributed by atoms with Crippen molar-refractivity contribution in [2.45, 2.75) is 26.2 Å². The van der Waals surface area contributed by atoms with Crippen molar-refractivity contribution >= 4 is 30.7 Å². The Morgan fingerprint density at radius 3 is 2.89 bits per heavy atom. The predicted octanol–water partition coefficient (Wildman–Crippen LogP) is 2.10. The summed E-state index contributed by atoms with van der Waals surface area (Å²) in [5.74, 6) is 0.191. The molecule has 0 aliphatic carbocycles. The van der Waals surface area contributed by atoms with Gasteiger partial charge in [-0.1, -0.05) is 42.5 Å². The van der Waals surface area contributed by atoms with Crippen molar-refractivity contribution in [2.75, 3.05) is 13.1 Å². The maximum absolute atomic E-state index is 12.7. The van der Waals surface area contributed by atoms with Crippen molar-refractivity contribution in [3.63, 3.8) is 0 Å². The average Bonchev–Trinajstić information content (AvgIpc) is 2.82. The van der Waals surface area contributed by atoms with Gasteiger partial charge in [0.25, 0.3) is 0 Å². The van der Waals surface area contributed by atoms with Crippen LogP contribution in [0.5, 0.6) is 0 Å². The molecule has 0 spiro atoms. The van der Waals surface area contributed by atoms with Gasteiger partial charge in [0, 0.05) is 22.5 Å². The lowest BCUT2D eigenvalue weighted by Crippen LogP contribution is -2.33. The van der Waals surface area contributed by atoms with Crippen molar-refractivity contribution in [3.8, 4) is 0 Å². The normalized spacial score (nSPS) is 23.2. The molecule has 18 heavy (non-hydrogen) atoms. The van der Waals surface area contributed by atoms with Gasteiger partial charge in [0.1, 0.15) is 7.85 Å². The van der Waals surface area contributed by atoms with Crippen LogP contribution in [0.4, 0.5) is 0 Å². The van der Waals surface area contributed by atoms with Gasteiger partial charge in [0.15, 0.2) is 5.78 Å². The fourth-order valence-corrected chi connectivity index (χ4v) is 2.90. The van der Waals surface area contributed by atoms with Gasteiger partial charge in [-0.2, -0.15) is 0 Å². The van der Waals surface area contributed by atoms with Crippen LogP contribution < -0.4 is 10.8 Å². The number of carbonyl (C=O) groups excluding carboxylic acids is 1. The van der Waals surface area contributed by atoms with Crippen LogP contribution in [-0.4, -0.2) is 26.7 Å². The number of hydrogen-bond acceptors (Lipinski definition) is 2. The zero-order valence-electron chi connectivity index (χ0n) is 10.6. The van der Waals surface area contributed by atoms with Crippen LogP contribution in [0.2, 0.25) is 5.02 Å². The number of rotatable bonds is 4. The zero-order valence-corrected chi connectivity index (χ0v) is 11.4. The summed E-state index contributed by atoms with van der Waals surface area (Å²) in [6.45, 7) is 3.79. The second kappa shape index (κ2) is 5.46. The minimum Gasteiger partial charge on any atom is -0.316 e. The molecule has 2 rings (SSSR count). The number of Topliss-reactive ketones (excluding diaryl/α,β-unsaturated/α-hetero) is 1. The van der Waals surface area contributed by atoms with Gasteiger partial charge >= 0.3 is 0 Å². The molecule has 1 heterocycles. The second-order valence-corrected chi connectivity index (χ2v) is 5.43. The van der Waals surface area contributed by atoms with Crippen LogP contribution >= 0.6 is 11.6 Å². The van der Waals surface area contributed by atoms with E-state index < -0.39 is 0 Å². The Labute approximate surface area is 115 Å². The first-order chi connectivity index (χ1) is 8.59. The Morgan fingerprint density at radius 2 is 2.33 bits per heavy atom. The third-order valence-corrected chi connectivity index (χ3v) is 4.04. The first-order valence-corrected chi connectivity index (χ1v) is 6.77. The quantitative estimate of drug-likeness (QED) is 0.664. The molecule has 1 saturated heterocycles. The van der Waals surface area contributed by atoms with Crippen LogP contribution in [0.1, 0.15) is 36.5 Å². The molecule has 0 aromatic heterocycles. The summed E-state index contributed by atoms with van der Waals surface area (Å²) in [7, 11) is 5.68. The number of benzene rings is 1. The summed E-state index contributed by atoms with van der Waals surface area (Å²) in [5.41, 5.74) is 0.933. The lowest BCUT2D eigenvalue weighted by molar-refractivity contribution is 0.0802.